The third-order valence-corrected chi connectivity index (χ3v) is 3.82. The minimum Gasteiger partial charge on any atom is -0.359 e. The van der Waals surface area contributed by atoms with Gasteiger partial charge < -0.3 is 5.32 Å². The molecule has 1 saturated carbocycles. The van der Waals surface area contributed by atoms with Crippen molar-refractivity contribution in [2.45, 2.75) is 25.8 Å². The zero-order valence-corrected chi connectivity index (χ0v) is 10.7. The van der Waals surface area contributed by atoms with Crippen LogP contribution in [0.5, 0.6) is 0 Å². The maximum atomic E-state index is 4.54. The first kappa shape index (κ1) is 10.7. The molecule has 2 aromatic heterocycles. The van der Waals surface area contributed by atoms with Crippen LogP contribution in [0.3, 0.4) is 0 Å². The maximum absolute atomic E-state index is 4.54. The molecule has 0 radical (unpaired) electrons. The van der Waals surface area contributed by atoms with Crippen molar-refractivity contribution in [2.24, 2.45) is 13.0 Å². The molecule has 1 atom stereocenters. The Labute approximate surface area is 104 Å². The van der Waals surface area contributed by atoms with Crippen LogP contribution in [0.4, 0.5) is 5.13 Å². The van der Waals surface area contributed by atoms with E-state index in [1.54, 1.807) is 16.0 Å². The van der Waals surface area contributed by atoms with Gasteiger partial charge >= 0.3 is 0 Å². The highest BCUT2D eigenvalue weighted by atomic mass is 32.1. The largest absolute Gasteiger partial charge is 0.359 e. The number of nitrogens with zero attached hydrogens (tertiary/aromatic N) is 4. The lowest BCUT2D eigenvalue weighted by Crippen LogP contribution is -2.16. The van der Waals surface area contributed by atoms with E-state index in [2.05, 4.69) is 27.5 Å². The van der Waals surface area contributed by atoms with Crippen LogP contribution in [-0.4, -0.2) is 26.0 Å². The molecule has 1 unspecified atom stereocenters. The predicted octanol–water partition coefficient (Wildman–Crippen LogP) is 2.15. The molecule has 3 rings (SSSR count). The van der Waals surface area contributed by atoms with Crippen LogP contribution >= 0.6 is 11.3 Å². The molecule has 1 fully saturated rings. The van der Waals surface area contributed by atoms with Gasteiger partial charge in [0.25, 0.3) is 0 Å². The fourth-order valence-electron chi connectivity index (χ4n) is 1.83. The quantitative estimate of drug-likeness (QED) is 0.902. The Hall–Kier alpha value is -1.43. The molecule has 6 heteroatoms. The summed E-state index contributed by atoms with van der Waals surface area (Å²) in [6.07, 6.45) is 4.57. The smallest absolute Gasteiger partial charge is 0.183 e. The van der Waals surface area contributed by atoms with Gasteiger partial charge in [0.05, 0.1) is 6.20 Å². The van der Waals surface area contributed by atoms with E-state index in [0.717, 1.165) is 22.4 Å². The molecular formula is C11H15N5S. The van der Waals surface area contributed by atoms with Crippen LogP contribution in [0.2, 0.25) is 0 Å². The lowest BCUT2D eigenvalue weighted by atomic mass is 10.2. The topological polar surface area (TPSA) is 55.6 Å². The van der Waals surface area contributed by atoms with E-state index in [0.29, 0.717) is 6.04 Å². The molecule has 0 amide bonds. The standard InChI is InChI=1S/C11H15N5S/c1-7(8-3-4-8)12-11-13-10(6-17-11)9-5-16(2)15-14-9/h5-8H,3-4H2,1-2H3,(H,12,13). The summed E-state index contributed by atoms with van der Waals surface area (Å²) < 4.78 is 1.69. The first-order chi connectivity index (χ1) is 8.22. The fraction of sp³-hybridized carbons (Fsp3) is 0.545. The SMILES string of the molecule is CC(Nc1nc(-c2cn(C)nn2)cs1)C1CC1. The fourth-order valence-corrected chi connectivity index (χ4v) is 2.63. The third kappa shape index (κ3) is 2.31. The first-order valence-electron chi connectivity index (χ1n) is 5.81. The van der Waals surface area contributed by atoms with E-state index in [1.165, 1.54) is 12.8 Å². The number of nitrogens with one attached hydrogen (secondary N) is 1. The van der Waals surface area contributed by atoms with Gasteiger partial charge in [-0.3, -0.25) is 4.68 Å². The maximum Gasteiger partial charge on any atom is 0.183 e. The van der Waals surface area contributed by atoms with E-state index >= 15 is 0 Å². The van der Waals surface area contributed by atoms with Crippen molar-refractivity contribution in [3.05, 3.63) is 11.6 Å². The number of rotatable bonds is 4. The van der Waals surface area contributed by atoms with Crippen LogP contribution in [0.25, 0.3) is 11.4 Å². The van der Waals surface area contributed by atoms with Crippen LogP contribution in [-0.2, 0) is 7.05 Å². The van der Waals surface area contributed by atoms with Gasteiger partial charge in [0, 0.05) is 18.5 Å². The Morgan fingerprint density at radius 1 is 1.47 bits per heavy atom. The molecule has 1 aliphatic rings. The van der Waals surface area contributed by atoms with Gasteiger partial charge in [0.15, 0.2) is 5.13 Å². The number of thiazole rings is 1. The molecule has 5 nitrogen and oxygen atoms in total. The Kier molecular flexibility index (Phi) is 2.58. The summed E-state index contributed by atoms with van der Waals surface area (Å²) in [6.45, 7) is 2.22. The summed E-state index contributed by atoms with van der Waals surface area (Å²) in [5.74, 6) is 0.832. The van der Waals surface area contributed by atoms with Crippen LogP contribution in [0.1, 0.15) is 19.8 Å². The molecule has 0 saturated heterocycles. The van der Waals surface area contributed by atoms with Gasteiger partial charge in [0.2, 0.25) is 0 Å². The molecular weight excluding hydrogens is 234 g/mol. The Bertz CT molecular complexity index is 513. The van der Waals surface area contributed by atoms with E-state index in [1.807, 2.05) is 18.6 Å². The van der Waals surface area contributed by atoms with Crippen molar-refractivity contribution >= 4 is 16.5 Å². The number of aryl methyl sites for hydroxylation is 1. The predicted molar refractivity (Wildman–Crippen MR) is 67.9 cm³/mol. The number of aromatic nitrogens is 4. The summed E-state index contributed by atoms with van der Waals surface area (Å²) in [6, 6.07) is 0.524. The van der Waals surface area contributed by atoms with E-state index in [-0.39, 0.29) is 0 Å². The lowest BCUT2D eigenvalue weighted by Gasteiger charge is -2.10. The average molecular weight is 249 g/mol. The van der Waals surface area contributed by atoms with Crippen LogP contribution < -0.4 is 5.32 Å². The highest BCUT2D eigenvalue weighted by Gasteiger charge is 2.28. The highest BCUT2D eigenvalue weighted by Crippen LogP contribution is 2.34. The molecule has 0 spiro atoms. The summed E-state index contributed by atoms with van der Waals surface area (Å²) >= 11 is 1.63. The average Bonchev–Trinajstić information content (AvgIpc) is 2.92. The summed E-state index contributed by atoms with van der Waals surface area (Å²) in [4.78, 5) is 4.54. The van der Waals surface area contributed by atoms with Crippen LogP contribution in [0.15, 0.2) is 11.6 Å². The molecule has 2 aromatic rings. The number of anilines is 1. The Morgan fingerprint density at radius 2 is 2.29 bits per heavy atom. The zero-order valence-electron chi connectivity index (χ0n) is 9.92. The normalized spacial score (nSPS) is 17.1. The van der Waals surface area contributed by atoms with Gasteiger partial charge in [-0.05, 0) is 25.7 Å². The molecule has 0 aromatic carbocycles. The van der Waals surface area contributed by atoms with E-state index in [9.17, 15) is 0 Å². The Balaban J connectivity index is 1.73. The molecule has 0 aliphatic heterocycles. The molecule has 2 heterocycles. The van der Waals surface area contributed by atoms with Crippen molar-refractivity contribution in [3.8, 4) is 11.4 Å². The second-order valence-corrected chi connectivity index (χ2v) is 5.44. The highest BCUT2D eigenvalue weighted by molar-refractivity contribution is 7.14. The van der Waals surface area contributed by atoms with Crippen molar-refractivity contribution < 1.29 is 0 Å². The lowest BCUT2D eigenvalue weighted by molar-refractivity contribution is 0.693. The van der Waals surface area contributed by atoms with Crippen molar-refractivity contribution in [1.29, 1.82) is 0 Å². The number of hydrogen-bond donors (Lipinski definition) is 1. The molecule has 17 heavy (non-hydrogen) atoms. The van der Waals surface area contributed by atoms with E-state index in [4.69, 9.17) is 0 Å². The van der Waals surface area contributed by atoms with Crippen molar-refractivity contribution in [1.82, 2.24) is 20.0 Å². The second kappa shape index (κ2) is 4.10. The zero-order chi connectivity index (χ0) is 11.8. The third-order valence-electron chi connectivity index (χ3n) is 3.05. The first-order valence-corrected chi connectivity index (χ1v) is 6.69. The van der Waals surface area contributed by atoms with Gasteiger partial charge in [-0.25, -0.2) is 4.98 Å². The molecule has 1 aliphatic carbocycles. The van der Waals surface area contributed by atoms with Gasteiger partial charge in [-0.1, -0.05) is 5.21 Å². The Morgan fingerprint density at radius 3 is 2.94 bits per heavy atom. The van der Waals surface area contributed by atoms with Crippen molar-refractivity contribution in [2.75, 3.05) is 5.32 Å². The summed E-state index contributed by atoms with van der Waals surface area (Å²) in [5, 5.41) is 14.4. The number of hydrogen-bond acceptors (Lipinski definition) is 5. The monoisotopic (exact) mass is 249 g/mol. The molecule has 90 valence electrons. The van der Waals surface area contributed by atoms with Crippen LogP contribution in [0, 0.1) is 5.92 Å². The molecule has 1 N–H and O–H groups in total. The summed E-state index contributed by atoms with van der Waals surface area (Å²) in [7, 11) is 1.86. The van der Waals surface area contributed by atoms with E-state index < -0.39 is 0 Å². The van der Waals surface area contributed by atoms with Crippen molar-refractivity contribution in [3.63, 3.8) is 0 Å². The summed E-state index contributed by atoms with van der Waals surface area (Å²) in [5.41, 5.74) is 1.73. The minimum absolute atomic E-state index is 0.524. The minimum atomic E-state index is 0.524. The van der Waals surface area contributed by atoms with Gasteiger partial charge in [0.1, 0.15) is 11.4 Å². The second-order valence-electron chi connectivity index (χ2n) is 4.59. The van der Waals surface area contributed by atoms with Gasteiger partial charge in [-0.15, -0.1) is 16.4 Å². The van der Waals surface area contributed by atoms with Gasteiger partial charge in [-0.2, -0.15) is 0 Å². The molecule has 0 bridgehead atoms.